The molecule has 1 amide bonds. The maximum atomic E-state index is 13.0. The maximum absolute atomic E-state index is 13.0. The lowest BCUT2D eigenvalue weighted by Crippen LogP contribution is -2.41. The molecule has 1 aliphatic heterocycles. The van der Waals surface area contributed by atoms with E-state index >= 15 is 0 Å². The summed E-state index contributed by atoms with van der Waals surface area (Å²) in [7, 11) is -3.56. The van der Waals surface area contributed by atoms with Crippen molar-refractivity contribution in [2.24, 2.45) is 4.99 Å². The molecule has 4 rings (SSSR count). The third kappa shape index (κ3) is 4.19. The van der Waals surface area contributed by atoms with Crippen molar-refractivity contribution in [1.29, 1.82) is 0 Å². The second kappa shape index (κ2) is 8.92. The number of nitrogens with zero attached hydrogens (tertiary/aromatic N) is 3. The van der Waals surface area contributed by atoms with Crippen LogP contribution in [0.25, 0.3) is 10.2 Å². The highest BCUT2D eigenvalue weighted by molar-refractivity contribution is 7.89. The maximum Gasteiger partial charge on any atom is 0.279 e. The topological polar surface area (TPSA) is 71.7 Å². The normalized spacial score (nSPS) is 18.4. The van der Waals surface area contributed by atoms with E-state index in [1.165, 1.54) is 29.0 Å². The van der Waals surface area contributed by atoms with E-state index in [0.29, 0.717) is 23.5 Å². The molecule has 8 heteroatoms. The van der Waals surface area contributed by atoms with Crippen LogP contribution in [0, 0.1) is 13.8 Å². The van der Waals surface area contributed by atoms with Crippen molar-refractivity contribution in [2.75, 3.05) is 6.54 Å². The SMILES string of the molecule is CCn1c(=NC(=O)c2ccc(S(=O)(=O)N3CCCCC3C)cc2)sc2cc(C)cc(C)c21. The lowest BCUT2D eigenvalue weighted by atomic mass is 10.1. The Morgan fingerprint density at radius 3 is 2.53 bits per heavy atom. The number of carbonyl (C=O) groups excluding carboxylic acids is 1. The van der Waals surface area contributed by atoms with E-state index in [1.807, 2.05) is 13.8 Å². The fraction of sp³-hybridized carbons (Fsp3) is 0.417. The van der Waals surface area contributed by atoms with Gasteiger partial charge in [0.2, 0.25) is 10.0 Å². The predicted octanol–water partition coefficient (Wildman–Crippen LogP) is 4.64. The molecule has 0 spiro atoms. The lowest BCUT2D eigenvalue weighted by molar-refractivity contribution is 0.0997. The van der Waals surface area contributed by atoms with Crippen LogP contribution in [0.5, 0.6) is 0 Å². The predicted molar refractivity (Wildman–Crippen MR) is 129 cm³/mol. The van der Waals surface area contributed by atoms with Crippen LogP contribution < -0.4 is 4.80 Å². The van der Waals surface area contributed by atoms with Gasteiger partial charge in [0.05, 0.1) is 15.1 Å². The minimum atomic E-state index is -3.56. The molecule has 0 saturated carbocycles. The molecule has 6 nitrogen and oxygen atoms in total. The van der Waals surface area contributed by atoms with Crippen LogP contribution in [0.1, 0.15) is 54.6 Å². The Bertz CT molecular complexity index is 1340. The number of aromatic nitrogens is 1. The lowest BCUT2D eigenvalue weighted by Gasteiger charge is -2.32. The van der Waals surface area contributed by atoms with E-state index in [9.17, 15) is 13.2 Å². The molecule has 3 aromatic rings. The molecule has 2 aromatic carbocycles. The number of sulfonamides is 1. The number of aryl methyl sites for hydroxylation is 3. The number of amides is 1. The van der Waals surface area contributed by atoms with Crippen LogP contribution in [0.4, 0.5) is 0 Å². The Kier molecular flexibility index (Phi) is 6.38. The van der Waals surface area contributed by atoms with Gasteiger partial charge in [-0.15, -0.1) is 0 Å². The Morgan fingerprint density at radius 2 is 1.88 bits per heavy atom. The number of benzene rings is 2. The first kappa shape index (κ1) is 22.9. The van der Waals surface area contributed by atoms with Crippen LogP contribution in [0.15, 0.2) is 46.3 Å². The fourth-order valence-electron chi connectivity index (χ4n) is 4.46. The van der Waals surface area contributed by atoms with E-state index in [4.69, 9.17) is 0 Å². The van der Waals surface area contributed by atoms with Gasteiger partial charge < -0.3 is 4.57 Å². The van der Waals surface area contributed by atoms with Gasteiger partial charge in [0, 0.05) is 24.7 Å². The minimum absolute atomic E-state index is 0.00500. The van der Waals surface area contributed by atoms with Crippen molar-refractivity contribution in [2.45, 2.75) is 64.4 Å². The molecule has 170 valence electrons. The van der Waals surface area contributed by atoms with Gasteiger partial charge >= 0.3 is 0 Å². The summed E-state index contributed by atoms with van der Waals surface area (Å²) in [6.07, 6.45) is 2.81. The van der Waals surface area contributed by atoms with Gasteiger partial charge in [-0.2, -0.15) is 9.30 Å². The van der Waals surface area contributed by atoms with Gasteiger partial charge in [0.1, 0.15) is 0 Å². The average Bonchev–Trinajstić information content (AvgIpc) is 3.11. The molecule has 1 fully saturated rings. The van der Waals surface area contributed by atoms with Gasteiger partial charge in [0.25, 0.3) is 5.91 Å². The summed E-state index contributed by atoms with van der Waals surface area (Å²) in [6.45, 7) is 9.37. The summed E-state index contributed by atoms with van der Waals surface area (Å²) in [5.74, 6) is -0.372. The van der Waals surface area contributed by atoms with Crippen molar-refractivity contribution >= 4 is 37.5 Å². The smallest absolute Gasteiger partial charge is 0.279 e. The number of hydrogen-bond donors (Lipinski definition) is 0. The van der Waals surface area contributed by atoms with Gasteiger partial charge in [-0.1, -0.05) is 23.8 Å². The van der Waals surface area contributed by atoms with Crippen LogP contribution >= 0.6 is 11.3 Å². The highest BCUT2D eigenvalue weighted by Crippen LogP contribution is 2.26. The molecule has 0 radical (unpaired) electrons. The Balaban J connectivity index is 1.67. The van der Waals surface area contributed by atoms with Gasteiger partial charge in [-0.05, 0) is 82.0 Å². The standard InChI is InChI=1S/C24H29N3O3S2/c1-5-26-22-17(3)14-16(2)15-21(22)31-24(26)25-23(28)19-9-11-20(12-10-19)32(29,30)27-13-7-6-8-18(27)4/h9-12,14-15,18H,5-8,13H2,1-4H3. The average molecular weight is 472 g/mol. The Morgan fingerprint density at radius 1 is 1.16 bits per heavy atom. The second-order valence-electron chi connectivity index (χ2n) is 8.46. The van der Waals surface area contributed by atoms with Crippen molar-refractivity contribution in [3.63, 3.8) is 0 Å². The molecule has 1 aliphatic rings. The van der Waals surface area contributed by atoms with E-state index in [1.54, 1.807) is 16.4 Å². The molecule has 1 aromatic heterocycles. The van der Waals surface area contributed by atoms with E-state index in [2.05, 4.69) is 35.5 Å². The quantitative estimate of drug-likeness (QED) is 0.556. The zero-order valence-corrected chi connectivity index (χ0v) is 20.6. The largest absolute Gasteiger partial charge is 0.316 e. The highest BCUT2D eigenvalue weighted by Gasteiger charge is 2.30. The van der Waals surface area contributed by atoms with Crippen molar-refractivity contribution in [1.82, 2.24) is 8.87 Å². The monoisotopic (exact) mass is 471 g/mol. The molecule has 2 heterocycles. The number of piperidine rings is 1. The molecule has 32 heavy (non-hydrogen) atoms. The van der Waals surface area contributed by atoms with E-state index < -0.39 is 10.0 Å². The third-order valence-electron chi connectivity index (χ3n) is 6.08. The number of carbonyl (C=O) groups is 1. The Hall–Kier alpha value is -2.29. The first-order valence-electron chi connectivity index (χ1n) is 11.0. The fourth-order valence-corrected chi connectivity index (χ4v) is 7.42. The Labute approximate surface area is 193 Å². The van der Waals surface area contributed by atoms with Crippen LogP contribution in [0.2, 0.25) is 0 Å². The summed E-state index contributed by atoms with van der Waals surface area (Å²) in [5.41, 5.74) is 3.82. The van der Waals surface area contributed by atoms with Gasteiger partial charge in [-0.25, -0.2) is 8.42 Å². The summed E-state index contributed by atoms with van der Waals surface area (Å²) < 4.78 is 30.8. The number of rotatable bonds is 4. The van der Waals surface area contributed by atoms with Gasteiger partial charge in [-0.3, -0.25) is 4.79 Å². The van der Waals surface area contributed by atoms with Crippen LogP contribution in [-0.4, -0.2) is 35.8 Å². The molecule has 0 aliphatic carbocycles. The number of hydrogen-bond acceptors (Lipinski definition) is 4. The molecule has 0 N–H and O–H groups in total. The van der Waals surface area contributed by atoms with Crippen LogP contribution in [0.3, 0.4) is 0 Å². The number of fused-ring (bicyclic) bond motifs is 1. The molecular weight excluding hydrogens is 442 g/mol. The summed E-state index contributed by atoms with van der Waals surface area (Å²) in [6, 6.07) is 10.4. The molecule has 0 bridgehead atoms. The second-order valence-corrected chi connectivity index (χ2v) is 11.4. The first-order chi connectivity index (χ1) is 15.2. The summed E-state index contributed by atoms with van der Waals surface area (Å²) in [5, 5.41) is 0. The van der Waals surface area contributed by atoms with E-state index in [0.717, 1.165) is 35.0 Å². The molecule has 1 unspecified atom stereocenters. The highest BCUT2D eigenvalue weighted by atomic mass is 32.2. The zero-order valence-electron chi connectivity index (χ0n) is 19.0. The van der Waals surface area contributed by atoms with Crippen LogP contribution in [-0.2, 0) is 16.6 Å². The number of thiazole rings is 1. The minimum Gasteiger partial charge on any atom is -0.316 e. The first-order valence-corrected chi connectivity index (χ1v) is 13.3. The van der Waals surface area contributed by atoms with Gasteiger partial charge in [0.15, 0.2) is 4.80 Å². The van der Waals surface area contributed by atoms with E-state index in [-0.39, 0.29) is 16.8 Å². The van der Waals surface area contributed by atoms with Crippen molar-refractivity contribution < 1.29 is 13.2 Å². The molecular formula is C24H29N3O3S2. The third-order valence-corrected chi connectivity index (χ3v) is 9.13. The zero-order chi connectivity index (χ0) is 23.0. The molecule has 1 atom stereocenters. The molecule has 1 saturated heterocycles. The van der Waals surface area contributed by atoms with Crippen molar-refractivity contribution in [3.8, 4) is 0 Å². The van der Waals surface area contributed by atoms with Crippen molar-refractivity contribution in [3.05, 3.63) is 57.9 Å². The summed E-state index contributed by atoms with van der Waals surface area (Å²) >= 11 is 1.50. The summed E-state index contributed by atoms with van der Waals surface area (Å²) in [4.78, 5) is 18.2.